The van der Waals surface area contributed by atoms with Gasteiger partial charge in [0.05, 0.1) is 5.56 Å². The van der Waals surface area contributed by atoms with Gasteiger partial charge < -0.3 is 20.5 Å². The van der Waals surface area contributed by atoms with Crippen molar-refractivity contribution in [1.29, 1.82) is 0 Å². The number of carboxylic acids is 1. The van der Waals surface area contributed by atoms with Crippen molar-refractivity contribution in [2.24, 2.45) is 5.92 Å². The average molecular weight is 473 g/mol. The van der Waals surface area contributed by atoms with E-state index in [9.17, 15) is 14.4 Å². The molecule has 7 heteroatoms. The van der Waals surface area contributed by atoms with E-state index in [1.165, 1.54) is 24.3 Å². The van der Waals surface area contributed by atoms with Crippen LogP contribution in [0, 0.1) is 5.92 Å². The molecular formula is C28H28N2O5. The largest absolute Gasteiger partial charge is 0.478 e. The molecule has 1 aliphatic carbocycles. The Kier molecular flexibility index (Phi) is 7.15. The third-order valence-corrected chi connectivity index (χ3v) is 6.06. The molecule has 0 saturated heterocycles. The summed E-state index contributed by atoms with van der Waals surface area (Å²) in [4.78, 5) is 36.6. The molecule has 0 saturated carbocycles. The van der Waals surface area contributed by atoms with E-state index in [2.05, 4.69) is 22.8 Å². The average Bonchev–Trinajstić information content (AvgIpc) is 3.16. The maximum atomic E-state index is 12.9. The molecule has 0 bridgehead atoms. The van der Waals surface area contributed by atoms with Gasteiger partial charge in [-0.05, 0) is 58.9 Å². The summed E-state index contributed by atoms with van der Waals surface area (Å²) in [7, 11) is 0. The van der Waals surface area contributed by atoms with Crippen LogP contribution in [0.2, 0.25) is 0 Å². The molecule has 2 amide bonds. The maximum Gasteiger partial charge on any atom is 0.407 e. The molecule has 0 aromatic heterocycles. The minimum atomic E-state index is -1.04. The second kappa shape index (κ2) is 10.4. The summed E-state index contributed by atoms with van der Waals surface area (Å²) in [5.41, 5.74) is 5.08. The Hall–Kier alpha value is -4.13. The zero-order valence-corrected chi connectivity index (χ0v) is 19.7. The van der Waals surface area contributed by atoms with Crippen LogP contribution < -0.4 is 10.6 Å². The number of carbonyl (C=O) groups excluding carboxylic acids is 2. The quantitative estimate of drug-likeness (QED) is 0.414. The van der Waals surface area contributed by atoms with E-state index in [-0.39, 0.29) is 24.0 Å². The maximum absolute atomic E-state index is 12.9. The molecule has 3 N–H and O–H groups in total. The third kappa shape index (κ3) is 5.51. The van der Waals surface area contributed by atoms with Crippen LogP contribution in [0.1, 0.15) is 47.7 Å². The molecule has 0 spiro atoms. The normalized spacial score (nSPS) is 13.0. The highest BCUT2D eigenvalue weighted by molar-refractivity contribution is 5.97. The van der Waals surface area contributed by atoms with E-state index >= 15 is 0 Å². The van der Waals surface area contributed by atoms with Crippen molar-refractivity contribution < 1.29 is 24.2 Å². The van der Waals surface area contributed by atoms with E-state index in [4.69, 9.17) is 9.84 Å². The summed E-state index contributed by atoms with van der Waals surface area (Å²) >= 11 is 0. The number of hydrogen-bond acceptors (Lipinski definition) is 4. The smallest absolute Gasteiger partial charge is 0.407 e. The van der Waals surface area contributed by atoms with Gasteiger partial charge in [0.2, 0.25) is 5.91 Å². The lowest BCUT2D eigenvalue weighted by Crippen LogP contribution is -2.45. The molecule has 1 aliphatic rings. The second-order valence-corrected chi connectivity index (χ2v) is 9.02. The van der Waals surface area contributed by atoms with E-state index in [1.807, 2.05) is 50.2 Å². The Morgan fingerprint density at radius 3 is 2.00 bits per heavy atom. The number of anilines is 1. The molecule has 7 nitrogen and oxygen atoms in total. The molecule has 1 unspecified atom stereocenters. The fourth-order valence-electron chi connectivity index (χ4n) is 4.41. The number of carbonyl (C=O) groups is 3. The lowest BCUT2D eigenvalue weighted by Gasteiger charge is -2.21. The molecule has 4 rings (SSSR count). The first kappa shape index (κ1) is 24.0. The number of benzene rings is 3. The zero-order chi connectivity index (χ0) is 24.9. The number of hydrogen-bond donors (Lipinski definition) is 3. The SMILES string of the molecule is CC(C)CC(NC(=O)OCC1c2ccccc2-c2ccccc21)C(=O)Nc1ccc(C(=O)O)cc1. The number of ether oxygens (including phenoxy) is 1. The fourth-order valence-corrected chi connectivity index (χ4v) is 4.41. The predicted octanol–water partition coefficient (Wildman–Crippen LogP) is 5.28. The molecule has 3 aromatic carbocycles. The van der Waals surface area contributed by atoms with Crippen LogP contribution >= 0.6 is 0 Å². The molecule has 1 atom stereocenters. The van der Waals surface area contributed by atoms with Crippen LogP contribution in [-0.4, -0.2) is 35.7 Å². The van der Waals surface area contributed by atoms with Gasteiger partial charge >= 0.3 is 12.1 Å². The number of aromatic carboxylic acids is 1. The minimum Gasteiger partial charge on any atom is -0.478 e. The van der Waals surface area contributed by atoms with Crippen LogP contribution in [0.15, 0.2) is 72.8 Å². The van der Waals surface area contributed by atoms with Crippen molar-refractivity contribution in [3.8, 4) is 11.1 Å². The summed E-state index contributed by atoms with van der Waals surface area (Å²) in [6, 6.07) is 21.2. The summed E-state index contributed by atoms with van der Waals surface area (Å²) in [5, 5.41) is 14.5. The van der Waals surface area contributed by atoms with Gasteiger partial charge in [0.15, 0.2) is 0 Å². The lowest BCUT2D eigenvalue weighted by atomic mass is 9.98. The third-order valence-electron chi connectivity index (χ3n) is 6.06. The van der Waals surface area contributed by atoms with Crippen molar-refractivity contribution in [3.05, 3.63) is 89.5 Å². The summed E-state index contributed by atoms with van der Waals surface area (Å²) < 4.78 is 5.60. The number of fused-ring (bicyclic) bond motifs is 3. The van der Waals surface area contributed by atoms with Gasteiger partial charge in [-0.1, -0.05) is 62.4 Å². The molecule has 0 fully saturated rings. The molecular weight excluding hydrogens is 444 g/mol. The standard InChI is InChI=1S/C28H28N2O5/c1-17(2)15-25(26(31)29-19-13-11-18(12-14-19)27(32)33)30-28(34)35-16-24-22-9-5-3-7-20(22)21-8-4-6-10-23(21)24/h3-14,17,24-25H,15-16H2,1-2H3,(H,29,31)(H,30,34)(H,32,33). The van der Waals surface area contributed by atoms with Crippen molar-refractivity contribution in [3.63, 3.8) is 0 Å². The van der Waals surface area contributed by atoms with Crippen LogP contribution in [0.3, 0.4) is 0 Å². The molecule has 0 aliphatic heterocycles. The van der Waals surface area contributed by atoms with Gasteiger partial charge in [-0.3, -0.25) is 4.79 Å². The Morgan fingerprint density at radius 2 is 1.46 bits per heavy atom. The van der Waals surface area contributed by atoms with Gasteiger partial charge in [0.1, 0.15) is 12.6 Å². The predicted molar refractivity (Wildman–Crippen MR) is 133 cm³/mol. The highest BCUT2D eigenvalue weighted by Gasteiger charge is 2.30. The van der Waals surface area contributed by atoms with Crippen LogP contribution in [-0.2, 0) is 9.53 Å². The van der Waals surface area contributed by atoms with E-state index in [0.717, 1.165) is 22.3 Å². The number of carboxylic acid groups (broad SMARTS) is 1. The van der Waals surface area contributed by atoms with Crippen LogP contribution in [0.25, 0.3) is 11.1 Å². The summed E-state index contributed by atoms with van der Waals surface area (Å²) in [5.74, 6) is -1.36. The first-order chi connectivity index (χ1) is 16.8. The molecule has 3 aromatic rings. The summed E-state index contributed by atoms with van der Waals surface area (Å²) in [6.07, 6.45) is -0.239. The van der Waals surface area contributed by atoms with Gasteiger partial charge in [0, 0.05) is 11.6 Å². The Balaban J connectivity index is 1.41. The van der Waals surface area contributed by atoms with Crippen molar-refractivity contribution in [1.82, 2.24) is 5.32 Å². The second-order valence-electron chi connectivity index (χ2n) is 9.02. The summed E-state index contributed by atoms with van der Waals surface area (Å²) in [6.45, 7) is 4.08. The van der Waals surface area contributed by atoms with Crippen LogP contribution in [0.5, 0.6) is 0 Å². The van der Waals surface area contributed by atoms with E-state index < -0.39 is 24.0 Å². The van der Waals surface area contributed by atoms with Gasteiger partial charge in [-0.2, -0.15) is 0 Å². The fraction of sp³-hybridized carbons (Fsp3) is 0.250. The first-order valence-corrected chi connectivity index (χ1v) is 11.6. The zero-order valence-electron chi connectivity index (χ0n) is 19.7. The molecule has 0 radical (unpaired) electrons. The monoisotopic (exact) mass is 472 g/mol. The molecule has 0 heterocycles. The highest BCUT2D eigenvalue weighted by Crippen LogP contribution is 2.44. The van der Waals surface area contributed by atoms with Gasteiger partial charge in [0.25, 0.3) is 0 Å². The Labute approximate surface area is 204 Å². The van der Waals surface area contributed by atoms with Gasteiger partial charge in [-0.25, -0.2) is 9.59 Å². The highest BCUT2D eigenvalue weighted by atomic mass is 16.5. The number of rotatable bonds is 8. The van der Waals surface area contributed by atoms with Crippen molar-refractivity contribution in [2.75, 3.05) is 11.9 Å². The number of nitrogens with one attached hydrogen (secondary N) is 2. The lowest BCUT2D eigenvalue weighted by molar-refractivity contribution is -0.118. The number of alkyl carbamates (subject to hydrolysis) is 1. The van der Waals surface area contributed by atoms with Crippen LogP contribution in [0.4, 0.5) is 10.5 Å². The minimum absolute atomic E-state index is 0.0710. The molecule has 35 heavy (non-hydrogen) atoms. The van der Waals surface area contributed by atoms with E-state index in [1.54, 1.807) is 0 Å². The van der Waals surface area contributed by atoms with E-state index in [0.29, 0.717) is 12.1 Å². The topological polar surface area (TPSA) is 105 Å². The first-order valence-electron chi connectivity index (χ1n) is 11.6. The van der Waals surface area contributed by atoms with Crippen molar-refractivity contribution >= 4 is 23.7 Å². The Bertz CT molecular complexity index is 1190. The van der Waals surface area contributed by atoms with Gasteiger partial charge in [-0.15, -0.1) is 0 Å². The Morgan fingerprint density at radius 1 is 0.886 bits per heavy atom. The van der Waals surface area contributed by atoms with Crippen molar-refractivity contribution in [2.45, 2.75) is 32.2 Å². The number of amides is 2. The molecule has 180 valence electrons.